The van der Waals surface area contributed by atoms with Gasteiger partial charge in [-0.25, -0.2) is 4.79 Å². The first-order valence-corrected chi connectivity index (χ1v) is 11.0. The van der Waals surface area contributed by atoms with Crippen molar-refractivity contribution in [2.45, 2.75) is 83.8 Å². The highest BCUT2D eigenvalue weighted by atomic mass is 16.5. The van der Waals surface area contributed by atoms with E-state index in [0.29, 0.717) is 24.7 Å². The number of carbonyl (C=O) groups is 2. The highest BCUT2D eigenvalue weighted by Gasteiger charge is 2.53. The third kappa shape index (κ3) is 3.24. The molecule has 4 rings (SSSR count). The first kappa shape index (κ1) is 20.1. The molecule has 0 saturated heterocycles. The van der Waals surface area contributed by atoms with Crippen LogP contribution in [0.3, 0.4) is 0 Å². The van der Waals surface area contributed by atoms with Crippen LogP contribution in [-0.2, 0) is 14.3 Å². The second-order valence-electron chi connectivity index (χ2n) is 10.2. The SMILES string of the molecule is C[C@]12CC[C@H](O)C[C@H]1CCC(=O)[C@@H]2CC[C@]1(C)[C@@H](C2=CC(=O)OC2)CC[C@@H]1O. The zero-order chi connectivity index (χ0) is 20.1. The zero-order valence-electron chi connectivity index (χ0n) is 17.2. The molecule has 0 amide bonds. The van der Waals surface area contributed by atoms with Crippen LogP contribution >= 0.6 is 0 Å². The molecule has 0 unspecified atom stereocenters. The summed E-state index contributed by atoms with van der Waals surface area (Å²) in [5.74, 6) is 0.655. The molecule has 156 valence electrons. The standard InChI is InChI=1S/C23H34O5/c1-22-9-7-16(24)12-15(22)3-5-19(25)18(22)8-10-23(2)17(4-6-20(23)26)14-11-21(27)28-13-14/h11,15-18,20,24,26H,3-10,12-13H2,1-2H3/t15-,16+,17-,18+,20+,22+,23-/m1/s1. The Hall–Kier alpha value is -1.20. The number of ether oxygens (including phenoxy) is 1. The second kappa shape index (κ2) is 7.24. The molecule has 3 aliphatic carbocycles. The Morgan fingerprint density at radius 2 is 1.93 bits per heavy atom. The van der Waals surface area contributed by atoms with E-state index in [2.05, 4.69) is 13.8 Å². The summed E-state index contributed by atoms with van der Waals surface area (Å²) in [7, 11) is 0. The van der Waals surface area contributed by atoms with Crippen molar-refractivity contribution < 1.29 is 24.5 Å². The normalized spacial score (nSPS) is 46.3. The molecule has 5 heteroatoms. The third-order valence-corrected chi connectivity index (χ3v) is 8.82. The largest absolute Gasteiger partial charge is 0.458 e. The number of aliphatic hydroxyl groups excluding tert-OH is 2. The molecule has 3 fully saturated rings. The van der Waals surface area contributed by atoms with Crippen molar-refractivity contribution in [1.29, 1.82) is 0 Å². The minimum Gasteiger partial charge on any atom is -0.458 e. The summed E-state index contributed by atoms with van der Waals surface area (Å²) in [6, 6.07) is 0. The van der Waals surface area contributed by atoms with E-state index in [4.69, 9.17) is 4.74 Å². The van der Waals surface area contributed by atoms with Gasteiger partial charge in [0.05, 0.1) is 12.2 Å². The van der Waals surface area contributed by atoms with Gasteiger partial charge in [-0.05, 0) is 74.2 Å². The van der Waals surface area contributed by atoms with Gasteiger partial charge in [0.25, 0.3) is 0 Å². The van der Waals surface area contributed by atoms with Crippen molar-refractivity contribution in [2.75, 3.05) is 6.61 Å². The van der Waals surface area contributed by atoms with E-state index in [9.17, 15) is 19.8 Å². The Labute approximate surface area is 167 Å². The molecular weight excluding hydrogens is 356 g/mol. The third-order valence-electron chi connectivity index (χ3n) is 8.82. The lowest BCUT2D eigenvalue weighted by Crippen LogP contribution is -2.48. The fourth-order valence-corrected chi connectivity index (χ4v) is 6.86. The summed E-state index contributed by atoms with van der Waals surface area (Å²) in [6.45, 7) is 4.71. The summed E-state index contributed by atoms with van der Waals surface area (Å²) in [6.07, 6.45) is 8.16. The van der Waals surface area contributed by atoms with E-state index in [0.717, 1.165) is 56.9 Å². The molecular formula is C23H34O5. The lowest BCUT2D eigenvalue weighted by Gasteiger charge is -2.51. The Morgan fingerprint density at radius 1 is 1.14 bits per heavy atom. The number of hydrogen-bond donors (Lipinski definition) is 2. The predicted octanol–water partition coefficient (Wildman–Crippen LogP) is 3.17. The number of hydrogen-bond acceptors (Lipinski definition) is 5. The van der Waals surface area contributed by atoms with E-state index in [1.807, 2.05) is 0 Å². The maximum absolute atomic E-state index is 12.9. The highest BCUT2D eigenvalue weighted by molar-refractivity contribution is 5.85. The quantitative estimate of drug-likeness (QED) is 0.721. The van der Waals surface area contributed by atoms with Gasteiger partial charge in [0, 0.05) is 23.8 Å². The van der Waals surface area contributed by atoms with Gasteiger partial charge in [-0.15, -0.1) is 0 Å². The molecule has 2 N–H and O–H groups in total. The van der Waals surface area contributed by atoms with Crippen molar-refractivity contribution in [2.24, 2.45) is 28.6 Å². The molecule has 3 saturated carbocycles. The van der Waals surface area contributed by atoms with Crippen molar-refractivity contribution in [3.05, 3.63) is 11.6 Å². The molecule has 0 aromatic carbocycles. The van der Waals surface area contributed by atoms with Gasteiger partial charge in [0.15, 0.2) is 0 Å². The molecule has 1 aliphatic heterocycles. The molecule has 0 aromatic heterocycles. The van der Waals surface area contributed by atoms with Gasteiger partial charge in [-0.3, -0.25) is 4.79 Å². The van der Waals surface area contributed by atoms with Crippen molar-refractivity contribution >= 4 is 11.8 Å². The van der Waals surface area contributed by atoms with Crippen LogP contribution in [0.5, 0.6) is 0 Å². The molecule has 28 heavy (non-hydrogen) atoms. The van der Waals surface area contributed by atoms with Gasteiger partial charge < -0.3 is 14.9 Å². The minimum absolute atomic E-state index is 0.0134. The predicted molar refractivity (Wildman–Crippen MR) is 104 cm³/mol. The number of carbonyl (C=O) groups excluding carboxylic acids is 2. The first-order chi connectivity index (χ1) is 13.2. The van der Waals surface area contributed by atoms with Crippen molar-refractivity contribution in [3.63, 3.8) is 0 Å². The monoisotopic (exact) mass is 390 g/mol. The van der Waals surface area contributed by atoms with Crippen LogP contribution in [0, 0.1) is 28.6 Å². The summed E-state index contributed by atoms with van der Waals surface area (Å²) >= 11 is 0. The number of fused-ring (bicyclic) bond motifs is 1. The average molecular weight is 391 g/mol. The molecule has 7 atom stereocenters. The van der Waals surface area contributed by atoms with Gasteiger partial charge >= 0.3 is 5.97 Å². The molecule has 5 nitrogen and oxygen atoms in total. The Kier molecular flexibility index (Phi) is 5.20. The topological polar surface area (TPSA) is 83.8 Å². The van der Waals surface area contributed by atoms with Crippen LogP contribution in [0.4, 0.5) is 0 Å². The van der Waals surface area contributed by atoms with E-state index in [-0.39, 0.29) is 34.7 Å². The van der Waals surface area contributed by atoms with Gasteiger partial charge in [0.2, 0.25) is 0 Å². The number of esters is 1. The number of aliphatic hydroxyl groups is 2. The molecule has 0 aromatic rings. The molecule has 0 radical (unpaired) electrons. The minimum atomic E-state index is -0.412. The summed E-state index contributed by atoms with van der Waals surface area (Å²) in [5.41, 5.74) is 0.650. The number of rotatable bonds is 4. The summed E-state index contributed by atoms with van der Waals surface area (Å²) in [5, 5.41) is 20.9. The Balaban J connectivity index is 1.52. The van der Waals surface area contributed by atoms with Crippen LogP contribution in [0.1, 0.15) is 71.6 Å². The second-order valence-corrected chi connectivity index (χ2v) is 10.2. The van der Waals surface area contributed by atoms with E-state index in [1.54, 1.807) is 6.08 Å². The van der Waals surface area contributed by atoms with E-state index in [1.165, 1.54) is 0 Å². The van der Waals surface area contributed by atoms with Crippen LogP contribution in [0.25, 0.3) is 0 Å². The molecule has 4 aliphatic rings. The molecule has 0 spiro atoms. The fraction of sp³-hybridized carbons (Fsp3) is 0.826. The number of Topliss-reactive ketones (excluding diaryl/α,β-unsaturated/α-hetero) is 1. The molecule has 0 bridgehead atoms. The van der Waals surface area contributed by atoms with Gasteiger partial charge in [-0.2, -0.15) is 0 Å². The number of ketones is 1. The Morgan fingerprint density at radius 3 is 2.64 bits per heavy atom. The lowest BCUT2D eigenvalue weighted by atomic mass is 9.53. The summed E-state index contributed by atoms with van der Waals surface area (Å²) < 4.78 is 5.12. The Bertz CT molecular complexity index is 684. The van der Waals surface area contributed by atoms with Gasteiger partial charge in [0.1, 0.15) is 12.4 Å². The lowest BCUT2D eigenvalue weighted by molar-refractivity contribution is -0.140. The smallest absolute Gasteiger partial charge is 0.331 e. The van der Waals surface area contributed by atoms with Crippen LogP contribution in [-0.4, -0.2) is 40.8 Å². The van der Waals surface area contributed by atoms with E-state index < -0.39 is 6.10 Å². The van der Waals surface area contributed by atoms with Crippen molar-refractivity contribution in [1.82, 2.24) is 0 Å². The highest BCUT2D eigenvalue weighted by Crippen LogP contribution is 2.56. The maximum Gasteiger partial charge on any atom is 0.331 e. The van der Waals surface area contributed by atoms with Crippen molar-refractivity contribution in [3.8, 4) is 0 Å². The fourth-order valence-electron chi connectivity index (χ4n) is 6.86. The van der Waals surface area contributed by atoms with E-state index >= 15 is 0 Å². The average Bonchev–Trinajstić information content (AvgIpc) is 3.19. The molecule has 1 heterocycles. The van der Waals surface area contributed by atoms with Crippen LogP contribution in [0.2, 0.25) is 0 Å². The van der Waals surface area contributed by atoms with Crippen LogP contribution in [0.15, 0.2) is 11.6 Å². The summed E-state index contributed by atoms with van der Waals surface area (Å²) in [4.78, 5) is 24.5. The first-order valence-electron chi connectivity index (χ1n) is 11.0. The number of cyclic esters (lactones) is 1. The maximum atomic E-state index is 12.9. The zero-order valence-corrected chi connectivity index (χ0v) is 17.2. The van der Waals surface area contributed by atoms with Gasteiger partial charge in [-0.1, -0.05) is 13.8 Å². The van der Waals surface area contributed by atoms with Crippen LogP contribution < -0.4 is 0 Å².